The molecule has 1 aromatic carbocycles. The van der Waals surface area contributed by atoms with Gasteiger partial charge < -0.3 is 0 Å². The van der Waals surface area contributed by atoms with Crippen LogP contribution in [0.4, 0.5) is 0 Å². The molecule has 0 atom stereocenters. The van der Waals surface area contributed by atoms with Gasteiger partial charge in [0.25, 0.3) is 0 Å². The van der Waals surface area contributed by atoms with Crippen molar-refractivity contribution in [2.75, 3.05) is 0 Å². The van der Waals surface area contributed by atoms with Crippen molar-refractivity contribution in [3.63, 3.8) is 0 Å². The summed E-state index contributed by atoms with van der Waals surface area (Å²) in [4.78, 5) is 0. The number of nitrogens with zero attached hydrogens (tertiary/aromatic N) is 2. The van der Waals surface area contributed by atoms with E-state index in [-0.39, 0.29) is 0 Å². The van der Waals surface area contributed by atoms with Crippen LogP contribution in [0.3, 0.4) is 0 Å². The molecule has 0 aliphatic heterocycles. The van der Waals surface area contributed by atoms with Gasteiger partial charge in [-0.25, -0.2) is 0 Å². The first-order valence-corrected chi connectivity index (χ1v) is 5.44. The summed E-state index contributed by atoms with van der Waals surface area (Å²) < 4.78 is 1.97. The number of aryl methyl sites for hydroxylation is 1. The molecule has 0 fully saturated rings. The van der Waals surface area contributed by atoms with Crippen LogP contribution in [0.1, 0.15) is 24.5 Å². The van der Waals surface area contributed by atoms with E-state index >= 15 is 0 Å². The molecule has 1 aromatic heterocycles. The van der Waals surface area contributed by atoms with Crippen molar-refractivity contribution in [2.24, 2.45) is 0 Å². The van der Waals surface area contributed by atoms with E-state index in [0.29, 0.717) is 0 Å². The molecule has 0 unspecified atom stereocenters. The molecule has 0 N–H and O–H groups in total. The summed E-state index contributed by atoms with van der Waals surface area (Å²) in [5.74, 6) is 0. The van der Waals surface area contributed by atoms with Crippen LogP contribution in [-0.2, 0) is 13.0 Å². The highest BCUT2D eigenvalue weighted by Gasteiger charge is 2.01. The Kier molecular flexibility index (Phi) is 3.18. The van der Waals surface area contributed by atoms with Crippen LogP contribution in [0, 0.1) is 0 Å². The molecule has 0 radical (unpaired) electrons. The fourth-order valence-corrected chi connectivity index (χ4v) is 1.79. The lowest BCUT2D eigenvalue weighted by molar-refractivity contribution is 0.679. The van der Waals surface area contributed by atoms with E-state index in [1.807, 2.05) is 23.1 Å². The van der Waals surface area contributed by atoms with E-state index in [1.165, 1.54) is 17.5 Å². The van der Waals surface area contributed by atoms with E-state index in [1.54, 1.807) is 0 Å². The molecule has 0 spiro atoms. The molecule has 78 valence electrons. The van der Waals surface area contributed by atoms with E-state index in [2.05, 4.69) is 36.3 Å². The molecule has 0 amide bonds. The quantitative estimate of drug-likeness (QED) is 0.742. The molecule has 0 saturated carbocycles. The first-order chi connectivity index (χ1) is 7.40. The molecular weight excluding hydrogens is 184 g/mol. The van der Waals surface area contributed by atoms with Gasteiger partial charge in [0, 0.05) is 12.4 Å². The third kappa shape index (κ3) is 2.46. The Morgan fingerprint density at radius 2 is 1.93 bits per heavy atom. The molecule has 2 aromatic rings. The van der Waals surface area contributed by atoms with Gasteiger partial charge in [0.2, 0.25) is 0 Å². The monoisotopic (exact) mass is 200 g/mol. The molecule has 2 rings (SSSR count). The average Bonchev–Trinajstić information content (AvgIpc) is 2.74. The van der Waals surface area contributed by atoms with E-state index in [0.717, 1.165) is 13.0 Å². The maximum Gasteiger partial charge on any atom is 0.0662 e. The highest BCUT2D eigenvalue weighted by molar-refractivity contribution is 5.27. The smallest absolute Gasteiger partial charge is 0.0662 e. The Bertz CT molecular complexity index is 404. The van der Waals surface area contributed by atoms with Gasteiger partial charge in [-0.15, -0.1) is 0 Å². The summed E-state index contributed by atoms with van der Waals surface area (Å²) in [6, 6.07) is 10.6. The standard InChI is InChI=1S/C13H16N2/c1-2-6-12-7-3-4-8-13(12)11-15-10-5-9-14-15/h3-5,7-10H,2,6,11H2,1H3. The zero-order valence-electron chi connectivity index (χ0n) is 9.06. The molecule has 2 nitrogen and oxygen atoms in total. The predicted molar refractivity (Wildman–Crippen MR) is 61.8 cm³/mol. The van der Waals surface area contributed by atoms with Crippen LogP contribution in [0.2, 0.25) is 0 Å². The van der Waals surface area contributed by atoms with Crippen molar-refractivity contribution in [1.29, 1.82) is 0 Å². The van der Waals surface area contributed by atoms with Crippen molar-refractivity contribution >= 4 is 0 Å². The van der Waals surface area contributed by atoms with Crippen molar-refractivity contribution in [3.8, 4) is 0 Å². The lowest BCUT2D eigenvalue weighted by Crippen LogP contribution is -2.03. The van der Waals surface area contributed by atoms with Gasteiger partial charge >= 0.3 is 0 Å². The molecular formula is C13H16N2. The third-order valence-corrected chi connectivity index (χ3v) is 2.53. The van der Waals surface area contributed by atoms with Crippen LogP contribution < -0.4 is 0 Å². The minimum Gasteiger partial charge on any atom is -0.268 e. The van der Waals surface area contributed by atoms with Crippen LogP contribution in [0.15, 0.2) is 42.7 Å². The number of rotatable bonds is 4. The second-order valence-electron chi connectivity index (χ2n) is 3.72. The second kappa shape index (κ2) is 4.78. The number of aromatic nitrogens is 2. The number of hydrogen-bond donors (Lipinski definition) is 0. The van der Waals surface area contributed by atoms with Crippen molar-refractivity contribution in [1.82, 2.24) is 9.78 Å². The summed E-state index contributed by atoms with van der Waals surface area (Å²) in [6.07, 6.45) is 6.17. The van der Waals surface area contributed by atoms with Crippen LogP contribution in [0.5, 0.6) is 0 Å². The van der Waals surface area contributed by atoms with E-state index < -0.39 is 0 Å². The Hall–Kier alpha value is -1.57. The maximum absolute atomic E-state index is 4.23. The lowest BCUT2D eigenvalue weighted by atomic mass is 10.0. The summed E-state index contributed by atoms with van der Waals surface area (Å²) in [7, 11) is 0. The molecule has 15 heavy (non-hydrogen) atoms. The zero-order chi connectivity index (χ0) is 10.5. The van der Waals surface area contributed by atoms with Gasteiger partial charge in [-0.05, 0) is 23.6 Å². The van der Waals surface area contributed by atoms with Gasteiger partial charge in [-0.1, -0.05) is 37.6 Å². The van der Waals surface area contributed by atoms with Gasteiger partial charge in [-0.2, -0.15) is 5.10 Å². The SMILES string of the molecule is CCCc1ccccc1Cn1cccn1. The fraction of sp³-hybridized carbons (Fsp3) is 0.308. The Balaban J connectivity index is 2.20. The maximum atomic E-state index is 4.23. The Morgan fingerprint density at radius 1 is 1.13 bits per heavy atom. The van der Waals surface area contributed by atoms with E-state index in [9.17, 15) is 0 Å². The van der Waals surface area contributed by atoms with Crippen molar-refractivity contribution in [3.05, 3.63) is 53.9 Å². The van der Waals surface area contributed by atoms with Gasteiger partial charge in [0.15, 0.2) is 0 Å². The number of hydrogen-bond acceptors (Lipinski definition) is 1. The minimum absolute atomic E-state index is 0.878. The number of benzene rings is 1. The molecule has 0 saturated heterocycles. The highest BCUT2D eigenvalue weighted by atomic mass is 15.3. The van der Waals surface area contributed by atoms with Crippen molar-refractivity contribution < 1.29 is 0 Å². The van der Waals surface area contributed by atoms with Crippen LogP contribution >= 0.6 is 0 Å². The summed E-state index contributed by atoms with van der Waals surface area (Å²) in [5.41, 5.74) is 2.82. The topological polar surface area (TPSA) is 17.8 Å². The Labute approximate surface area is 90.6 Å². The second-order valence-corrected chi connectivity index (χ2v) is 3.72. The van der Waals surface area contributed by atoms with Gasteiger partial charge in [0.1, 0.15) is 0 Å². The Morgan fingerprint density at radius 3 is 2.60 bits per heavy atom. The molecule has 2 heteroatoms. The van der Waals surface area contributed by atoms with Crippen molar-refractivity contribution in [2.45, 2.75) is 26.3 Å². The van der Waals surface area contributed by atoms with Crippen LogP contribution in [-0.4, -0.2) is 9.78 Å². The van der Waals surface area contributed by atoms with E-state index in [4.69, 9.17) is 0 Å². The first-order valence-electron chi connectivity index (χ1n) is 5.44. The molecule has 0 bridgehead atoms. The zero-order valence-corrected chi connectivity index (χ0v) is 9.06. The molecule has 1 heterocycles. The summed E-state index contributed by atoms with van der Waals surface area (Å²) >= 11 is 0. The molecule has 0 aliphatic rings. The fourth-order valence-electron chi connectivity index (χ4n) is 1.79. The normalized spacial score (nSPS) is 10.5. The van der Waals surface area contributed by atoms with Gasteiger partial charge in [-0.3, -0.25) is 4.68 Å². The largest absolute Gasteiger partial charge is 0.268 e. The molecule has 0 aliphatic carbocycles. The lowest BCUT2D eigenvalue weighted by Gasteiger charge is -2.08. The average molecular weight is 200 g/mol. The van der Waals surface area contributed by atoms with Gasteiger partial charge in [0.05, 0.1) is 6.54 Å². The predicted octanol–water partition coefficient (Wildman–Crippen LogP) is 2.88. The summed E-state index contributed by atoms with van der Waals surface area (Å²) in [6.45, 7) is 3.09. The third-order valence-electron chi connectivity index (χ3n) is 2.53. The van der Waals surface area contributed by atoms with Crippen LogP contribution in [0.25, 0.3) is 0 Å². The highest BCUT2D eigenvalue weighted by Crippen LogP contribution is 2.12. The minimum atomic E-state index is 0.878. The summed E-state index contributed by atoms with van der Waals surface area (Å²) in [5, 5.41) is 4.23. The first kappa shape index (κ1) is 9.97.